The molecule has 32 heavy (non-hydrogen) atoms. The highest BCUT2D eigenvalue weighted by molar-refractivity contribution is 5.82. The number of benzene rings is 1. The molecule has 172 valence electrons. The molecule has 11 nitrogen and oxygen atoms in total. The zero-order valence-electron chi connectivity index (χ0n) is 18.3. The highest BCUT2D eigenvalue weighted by Crippen LogP contribution is 2.40. The minimum Gasteiger partial charge on any atom is -0.490 e. The van der Waals surface area contributed by atoms with Crippen LogP contribution in [0.1, 0.15) is 6.42 Å². The number of aromatic nitrogens is 2. The highest BCUT2D eigenvalue weighted by atomic mass is 16.6. The molecule has 1 N–H and O–H groups in total. The van der Waals surface area contributed by atoms with Crippen molar-refractivity contribution in [1.29, 1.82) is 0 Å². The van der Waals surface area contributed by atoms with Gasteiger partial charge in [0.25, 0.3) is 0 Å². The van der Waals surface area contributed by atoms with E-state index in [1.165, 1.54) is 12.0 Å². The Bertz CT molecular complexity index is 1000. The van der Waals surface area contributed by atoms with Crippen LogP contribution in [0.5, 0.6) is 5.75 Å². The molecule has 2 fully saturated rings. The molecule has 2 aromatic rings. The fourth-order valence-corrected chi connectivity index (χ4v) is 4.61. The molecule has 0 aliphatic carbocycles. The van der Waals surface area contributed by atoms with Crippen molar-refractivity contribution < 1.29 is 19.6 Å². The summed E-state index contributed by atoms with van der Waals surface area (Å²) < 4.78 is 7.00. The predicted molar refractivity (Wildman–Crippen MR) is 118 cm³/mol. The number of amides is 1. The van der Waals surface area contributed by atoms with E-state index < -0.39 is 11.0 Å². The van der Waals surface area contributed by atoms with Crippen LogP contribution in [0.4, 0.5) is 16.2 Å². The number of carbonyl (C=O) groups is 1. The van der Waals surface area contributed by atoms with E-state index in [1.54, 1.807) is 23.0 Å². The number of hydrogen-bond donors (Lipinski definition) is 1. The SMILES string of the molecule is COc1cc(N2CCN(C[C@H]3CCN(C(=O)O)C3)CC2)c(-c2cnn(C)c2)cc1[N+](=O)[O-]. The molecule has 1 atom stereocenters. The fourth-order valence-electron chi connectivity index (χ4n) is 4.61. The van der Waals surface area contributed by atoms with Crippen molar-refractivity contribution in [3.63, 3.8) is 0 Å². The van der Waals surface area contributed by atoms with E-state index in [9.17, 15) is 14.9 Å². The number of likely N-dealkylation sites (tertiary alicyclic amines) is 1. The van der Waals surface area contributed by atoms with Gasteiger partial charge in [-0.2, -0.15) is 5.10 Å². The number of hydrogen-bond acceptors (Lipinski definition) is 7. The Balaban J connectivity index is 1.51. The summed E-state index contributed by atoms with van der Waals surface area (Å²) in [6, 6.07) is 3.31. The average molecular weight is 444 g/mol. The van der Waals surface area contributed by atoms with Gasteiger partial charge in [-0.05, 0) is 12.3 Å². The molecular formula is C21H28N6O5. The third-order valence-electron chi connectivity index (χ3n) is 6.30. The first-order valence-electron chi connectivity index (χ1n) is 10.7. The monoisotopic (exact) mass is 444 g/mol. The molecule has 1 amide bonds. The fraction of sp³-hybridized carbons (Fsp3) is 0.524. The Morgan fingerprint density at radius 2 is 2.03 bits per heavy atom. The lowest BCUT2D eigenvalue weighted by Gasteiger charge is -2.38. The van der Waals surface area contributed by atoms with E-state index in [0.717, 1.165) is 56.0 Å². The molecule has 1 aromatic carbocycles. The topological polar surface area (TPSA) is 117 Å². The van der Waals surface area contributed by atoms with Gasteiger partial charge in [0.2, 0.25) is 0 Å². The first kappa shape index (κ1) is 21.9. The van der Waals surface area contributed by atoms with Crippen LogP contribution < -0.4 is 9.64 Å². The van der Waals surface area contributed by atoms with Gasteiger partial charge in [-0.1, -0.05) is 0 Å². The summed E-state index contributed by atoms with van der Waals surface area (Å²) in [7, 11) is 3.25. The summed E-state index contributed by atoms with van der Waals surface area (Å²) in [5, 5.41) is 25.0. The molecule has 0 unspecified atom stereocenters. The van der Waals surface area contributed by atoms with Crippen LogP contribution in [0, 0.1) is 16.0 Å². The summed E-state index contributed by atoms with van der Waals surface area (Å²) in [5.74, 6) is 0.600. The Hall–Kier alpha value is -3.34. The molecule has 0 saturated carbocycles. The number of rotatable bonds is 6. The molecule has 0 bridgehead atoms. The van der Waals surface area contributed by atoms with Gasteiger partial charge in [0, 0.05) is 88.0 Å². The number of nitrogens with zero attached hydrogens (tertiary/aromatic N) is 6. The molecule has 0 radical (unpaired) electrons. The molecule has 11 heteroatoms. The van der Waals surface area contributed by atoms with Crippen LogP contribution >= 0.6 is 0 Å². The number of piperazine rings is 1. The smallest absolute Gasteiger partial charge is 0.407 e. The standard InChI is InChI=1S/C21H28N6O5/c1-23-14-16(11-22-23)17-9-19(27(30)31)20(32-2)10-18(17)25-7-5-24(6-8-25)12-15-3-4-26(13-15)21(28)29/h9-11,14-15H,3-8,12-13H2,1-2H3,(H,28,29)/t15-/m1/s1. The first-order valence-corrected chi connectivity index (χ1v) is 10.7. The van der Waals surface area contributed by atoms with Gasteiger partial charge in [0.05, 0.1) is 18.2 Å². The van der Waals surface area contributed by atoms with Crippen LogP contribution in [0.25, 0.3) is 11.1 Å². The number of anilines is 1. The second-order valence-corrected chi connectivity index (χ2v) is 8.37. The van der Waals surface area contributed by atoms with Crippen LogP contribution in [0.3, 0.4) is 0 Å². The number of methoxy groups -OCH3 is 1. The highest BCUT2D eigenvalue weighted by Gasteiger charge is 2.30. The van der Waals surface area contributed by atoms with Crippen molar-refractivity contribution in [3.05, 3.63) is 34.6 Å². The van der Waals surface area contributed by atoms with E-state index in [0.29, 0.717) is 19.0 Å². The predicted octanol–water partition coefficient (Wildman–Crippen LogP) is 2.13. The quantitative estimate of drug-likeness (QED) is 0.532. The number of ether oxygens (including phenoxy) is 1. The third-order valence-corrected chi connectivity index (χ3v) is 6.30. The second kappa shape index (κ2) is 9.03. The van der Waals surface area contributed by atoms with Crippen LogP contribution in [-0.4, -0.2) is 88.6 Å². The molecular weight excluding hydrogens is 416 g/mol. The van der Waals surface area contributed by atoms with E-state index in [1.807, 2.05) is 13.2 Å². The van der Waals surface area contributed by atoms with Crippen molar-refractivity contribution in [1.82, 2.24) is 19.6 Å². The van der Waals surface area contributed by atoms with Crippen LogP contribution in [0.2, 0.25) is 0 Å². The molecule has 4 rings (SSSR count). The minimum atomic E-state index is -0.840. The maximum Gasteiger partial charge on any atom is 0.407 e. The third kappa shape index (κ3) is 4.47. The Labute approximate surface area is 185 Å². The summed E-state index contributed by atoms with van der Waals surface area (Å²) >= 11 is 0. The lowest BCUT2D eigenvalue weighted by molar-refractivity contribution is -0.385. The van der Waals surface area contributed by atoms with Crippen molar-refractivity contribution in [3.8, 4) is 16.9 Å². The zero-order valence-corrected chi connectivity index (χ0v) is 18.3. The lowest BCUT2D eigenvalue weighted by Crippen LogP contribution is -2.48. The van der Waals surface area contributed by atoms with Gasteiger partial charge < -0.3 is 19.6 Å². The second-order valence-electron chi connectivity index (χ2n) is 8.37. The normalized spacial score (nSPS) is 19.4. The van der Waals surface area contributed by atoms with Crippen molar-refractivity contribution in [2.24, 2.45) is 13.0 Å². The number of aryl methyl sites for hydroxylation is 1. The van der Waals surface area contributed by atoms with Gasteiger partial charge in [-0.3, -0.25) is 19.7 Å². The van der Waals surface area contributed by atoms with E-state index >= 15 is 0 Å². The van der Waals surface area contributed by atoms with Gasteiger partial charge in [-0.25, -0.2) is 4.79 Å². The van der Waals surface area contributed by atoms with Gasteiger partial charge in [0.1, 0.15) is 0 Å². The molecule has 2 aliphatic rings. The number of nitro groups is 1. The van der Waals surface area contributed by atoms with E-state index in [4.69, 9.17) is 9.84 Å². The molecule has 3 heterocycles. The van der Waals surface area contributed by atoms with Gasteiger partial charge in [0.15, 0.2) is 5.75 Å². The summed E-state index contributed by atoms with van der Waals surface area (Å²) in [6.45, 7) is 5.31. The minimum absolute atomic E-state index is 0.0713. The zero-order chi connectivity index (χ0) is 22.8. The summed E-state index contributed by atoms with van der Waals surface area (Å²) in [4.78, 5) is 28.4. The van der Waals surface area contributed by atoms with Crippen LogP contribution in [0.15, 0.2) is 24.5 Å². The van der Waals surface area contributed by atoms with Crippen molar-refractivity contribution in [2.45, 2.75) is 6.42 Å². The largest absolute Gasteiger partial charge is 0.490 e. The first-order chi connectivity index (χ1) is 15.4. The lowest BCUT2D eigenvalue weighted by atomic mass is 10.0. The molecule has 1 aromatic heterocycles. The summed E-state index contributed by atoms with van der Waals surface area (Å²) in [6.07, 6.45) is 3.61. The van der Waals surface area contributed by atoms with Crippen LogP contribution in [-0.2, 0) is 7.05 Å². The Morgan fingerprint density at radius 3 is 2.59 bits per heavy atom. The molecule has 2 aliphatic heterocycles. The number of nitro benzene ring substituents is 1. The molecule has 2 saturated heterocycles. The van der Waals surface area contributed by atoms with E-state index in [-0.39, 0.29) is 11.4 Å². The molecule has 0 spiro atoms. The van der Waals surface area contributed by atoms with Gasteiger partial charge >= 0.3 is 11.8 Å². The maximum absolute atomic E-state index is 11.6. The summed E-state index contributed by atoms with van der Waals surface area (Å²) in [5.41, 5.74) is 2.39. The maximum atomic E-state index is 11.6. The van der Waals surface area contributed by atoms with Crippen molar-refractivity contribution in [2.75, 3.05) is 57.8 Å². The van der Waals surface area contributed by atoms with Gasteiger partial charge in [-0.15, -0.1) is 0 Å². The average Bonchev–Trinajstić information content (AvgIpc) is 3.42. The number of carboxylic acid groups (broad SMARTS) is 1. The Kier molecular flexibility index (Phi) is 6.17. The Morgan fingerprint density at radius 1 is 1.28 bits per heavy atom. The van der Waals surface area contributed by atoms with E-state index in [2.05, 4.69) is 14.9 Å². The van der Waals surface area contributed by atoms with Crippen molar-refractivity contribution >= 4 is 17.5 Å².